The summed E-state index contributed by atoms with van der Waals surface area (Å²) in [4.78, 5) is 26.0. The summed E-state index contributed by atoms with van der Waals surface area (Å²) in [7, 11) is 1.61. The van der Waals surface area contributed by atoms with Crippen molar-refractivity contribution in [3.8, 4) is 0 Å². The highest BCUT2D eigenvalue weighted by Crippen LogP contribution is 2.44. The highest BCUT2D eigenvalue weighted by atomic mass is 19.1. The lowest BCUT2D eigenvalue weighted by atomic mass is 9.97. The molecule has 2 fully saturated rings. The first kappa shape index (κ1) is 16.9. The summed E-state index contributed by atoms with van der Waals surface area (Å²) in [5, 5.41) is 12.2. The minimum Gasteiger partial charge on any atom is -0.396 e. The number of hydrogen-bond donors (Lipinski definition) is 2. The molecule has 1 aromatic rings. The molecule has 0 radical (unpaired) electrons. The van der Waals surface area contributed by atoms with Crippen molar-refractivity contribution < 1.29 is 23.8 Å². The Bertz CT molecular complexity index is 630. The van der Waals surface area contributed by atoms with Gasteiger partial charge in [0, 0.05) is 19.0 Å². The maximum absolute atomic E-state index is 13.2. The largest absolute Gasteiger partial charge is 0.396 e. The Morgan fingerprint density at radius 3 is 2.67 bits per heavy atom. The van der Waals surface area contributed by atoms with Gasteiger partial charge in [0.05, 0.1) is 12.6 Å². The van der Waals surface area contributed by atoms with Crippen molar-refractivity contribution in [1.82, 2.24) is 10.2 Å². The minimum atomic E-state index is -0.868. The zero-order valence-corrected chi connectivity index (χ0v) is 13.5. The Labute approximate surface area is 139 Å². The fraction of sp³-hybridized carbons (Fsp3) is 0.529. The van der Waals surface area contributed by atoms with Gasteiger partial charge in [-0.05, 0) is 30.5 Å². The van der Waals surface area contributed by atoms with E-state index >= 15 is 0 Å². The van der Waals surface area contributed by atoms with Crippen LogP contribution in [0.1, 0.15) is 24.4 Å². The van der Waals surface area contributed by atoms with Gasteiger partial charge in [0.15, 0.2) is 6.10 Å². The molecule has 0 spiro atoms. The molecule has 0 bridgehead atoms. The van der Waals surface area contributed by atoms with Gasteiger partial charge in [-0.25, -0.2) is 4.39 Å². The Kier molecular flexibility index (Phi) is 4.56. The van der Waals surface area contributed by atoms with Gasteiger partial charge < -0.3 is 20.1 Å². The number of nitrogens with one attached hydrogen (secondary N) is 1. The third-order valence-electron chi connectivity index (χ3n) is 4.88. The van der Waals surface area contributed by atoms with Crippen LogP contribution in [0.2, 0.25) is 0 Å². The molecule has 3 rings (SSSR count). The Balaban J connectivity index is 1.77. The van der Waals surface area contributed by atoms with E-state index in [-0.39, 0.29) is 36.3 Å². The minimum absolute atomic E-state index is 0.0403. The molecule has 1 saturated carbocycles. The number of carbonyl (C=O) groups excluding carboxylic acids is 2. The van der Waals surface area contributed by atoms with E-state index in [1.165, 1.54) is 17.0 Å². The SMILES string of the molecule is CN1C(=O)COC(C(=O)NCC2(CO)CC2)C1c1ccc(F)cc1. The second-order valence-corrected chi connectivity index (χ2v) is 6.61. The zero-order valence-electron chi connectivity index (χ0n) is 13.5. The molecule has 6 nitrogen and oxygen atoms in total. The summed E-state index contributed by atoms with van der Waals surface area (Å²) in [6, 6.07) is 5.07. The summed E-state index contributed by atoms with van der Waals surface area (Å²) in [5.41, 5.74) is 0.424. The maximum atomic E-state index is 13.2. The van der Waals surface area contributed by atoms with Crippen LogP contribution in [-0.4, -0.2) is 54.7 Å². The molecular formula is C17H21FN2O4. The molecule has 7 heteroatoms. The average Bonchev–Trinajstić information content (AvgIpc) is 3.37. The second-order valence-electron chi connectivity index (χ2n) is 6.61. The van der Waals surface area contributed by atoms with Crippen molar-refractivity contribution in [2.75, 3.05) is 26.8 Å². The fourth-order valence-electron chi connectivity index (χ4n) is 2.93. The van der Waals surface area contributed by atoms with Crippen LogP contribution < -0.4 is 5.32 Å². The number of hydrogen-bond acceptors (Lipinski definition) is 4. The normalized spacial score (nSPS) is 25.5. The quantitative estimate of drug-likeness (QED) is 0.826. The summed E-state index contributed by atoms with van der Waals surface area (Å²) < 4.78 is 18.6. The molecule has 2 amide bonds. The number of halogens is 1. The number of likely N-dealkylation sites (N-methyl/N-ethyl adjacent to an activating group) is 1. The summed E-state index contributed by atoms with van der Waals surface area (Å²) in [6.45, 7) is 0.256. The first-order valence-electron chi connectivity index (χ1n) is 7.97. The van der Waals surface area contributed by atoms with Crippen molar-refractivity contribution in [3.05, 3.63) is 35.6 Å². The van der Waals surface area contributed by atoms with Crippen molar-refractivity contribution in [2.24, 2.45) is 5.41 Å². The first-order valence-corrected chi connectivity index (χ1v) is 7.97. The third kappa shape index (κ3) is 3.27. The van der Waals surface area contributed by atoms with Gasteiger partial charge in [-0.15, -0.1) is 0 Å². The number of morpholine rings is 1. The van der Waals surface area contributed by atoms with E-state index in [1.807, 2.05) is 0 Å². The molecular weight excluding hydrogens is 315 g/mol. The van der Waals surface area contributed by atoms with Crippen molar-refractivity contribution in [3.63, 3.8) is 0 Å². The van der Waals surface area contributed by atoms with Crippen LogP contribution in [0.4, 0.5) is 4.39 Å². The molecule has 1 aromatic carbocycles. The number of ether oxygens (including phenoxy) is 1. The standard InChI is InChI=1S/C17H21FN2O4/c1-20-13(22)8-24-15(14(20)11-2-4-12(18)5-3-11)16(23)19-9-17(10-21)6-7-17/h2-5,14-15,21H,6-10H2,1H3,(H,19,23). The molecule has 2 atom stereocenters. The third-order valence-corrected chi connectivity index (χ3v) is 4.88. The van der Waals surface area contributed by atoms with Crippen LogP contribution in [0.15, 0.2) is 24.3 Å². The predicted octanol–water partition coefficient (Wildman–Crippen LogP) is 0.613. The number of aliphatic hydroxyl groups is 1. The molecule has 2 N–H and O–H groups in total. The molecule has 1 heterocycles. The van der Waals surface area contributed by atoms with Crippen molar-refractivity contribution >= 4 is 11.8 Å². The van der Waals surface area contributed by atoms with E-state index in [2.05, 4.69) is 5.32 Å². The van der Waals surface area contributed by atoms with E-state index in [0.29, 0.717) is 12.1 Å². The van der Waals surface area contributed by atoms with E-state index in [9.17, 15) is 19.1 Å². The van der Waals surface area contributed by atoms with Gasteiger partial charge in [-0.2, -0.15) is 0 Å². The van der Waals surface area contributed by atoms with Crippen LogP contribution in [0.5, 0.6) is 0 Å². The summed E-state index contributed by atoms with van der Waals surface area (Å²) >= 11 is 0. The van der Waals surface area contributed by atoms with Crippen molar-refractivity contribution in [1.29, 1.82) is 0 Å². The van der Waals surface area contributed by atoms with Gasteiger partial charge in [0.2, 0.25) is 5.91 Å². The van der Waals surface area contributed by atoms with Gasteiger partial charge in [0.25, 0.3) is 5.91 Å². The van der Waals surface area contributed by atoms with E-state index < -0.39 is 12.1 Å². The lowest BCUT2D eigenvalue weighted by Crippen LogP contribution is -2.53. The van der Waals surface area contributed by atoms with Crippen LogP contribution in [0, 0.1) is 11.2 Å². The molecule has 24 heavy (non-hydrogen) atoms. The van der Waals surface area contributed by atoms with Crippen LogP contribution >= 0.6 is 0 Å². The number of amides is 2. The zero-order chi connectivity index (χ0) is 17.3. The highest BCUT2D eigenvalue weighted by molar-refractivity contribution is 5.86. The van der Waals surface area contributed by atoms with Crippen molar-refractivity contribution in [2.45, 2.75) is 25.0 Å². The predicted molar refractivity (Wildman–Crippen MR) is 83.4 cm³/mol. The monoisotopic (exact) mass is 336 g/mol. The Morgan fingerprint density at radius 2 is 2.08 bits per heavy atom. The van der Waals surface area contributed by atoms with Crippen LogP contribution in [-0.2, 0) is 14.3 Å². The molecule has 1 aliphatic carbocycles. The van der Waals surface area contributed by atoms with Crippen LogP contribution in [0.25, 0.3) is 0 Å². The molecule has 130 valence electrons. The molecule has 1 saturated heterocycles. The Morgan fingerprint density at radius 1 is 1.42 bits per heavy atom. The topological polar surface area (TPSA) is 78.9 Å². The summed E-state index contributed by atoms with van der Waals surface area (Å²) in [5.74, 6) is -0.949. The van der Waals surface area contributed by atoms with E-state index in [1.54, 1.807) is 19.2 Å². The lowest BCUT2D eigenvalue weighted by Gasteiger charge is -2.38. The smallest absolute Gasteiger partial charge is 0.251 e. The van der Waals surface area contributed by atoms with Gasteiger partial charge in [0.1, 0.15) is 12.4 Å². The van der Waals surface area contributed by atoms with Crippen LogP contribution in [0.3, 0.4) is 0 Å². The number of benzene rings is 1. The molecule has 2 unspecified atom stereocenters. The second kappa shape index (κ2) is 6.49. The highest BCUT2D eigenvalue weighted by Gasteiger charge is 2.44. The van der Waals surface area contributed by atoms with Gasteiger partial charge in [-0.1, -0.05) is 12.1 Å². The molecule has 0 aromatic heterocycles. The number of nitrogens with zero attached hydrogens (tertiary/aromatic N) is 1. The van der Waals surface area contributed by atoms with Gasteiger partial charge >= 0.3 is 0 Å². The molecule has 1 aliphatic heterocycles. The first-order chi connectivity index (χ1) is 11.5. The summed E-state index contributed by atoms with van der Waals surface area (Å²) in [6.07, 6.45) is 0.900. The number of carbonyl (C=O) groups is 2. The molecule has 2 aliphatic rings. The Hall–Kier alpha value is -1.99. The number of aliphatic hydroxyl groups excluding tert-OH is 1. The van der Waals surface area contributed by atoms with E-state index in [4.69, 9.17) is 4.74 Å². The van der Waals surface area contributed by atoms with Gasteiger partial charge in [-0.3, -0.25) is 9.59 Å². The maximum Gasteiger partial charge on any atom is 0.251 e. The fourth-order valence-corrected chi connectivity index (χ4v) is 2.93. The lowest BCUT2D eigenvalue weighted by molar-refractivity contribution is -0.162. The van der Waals surface area contributed by atoms with E-state index in [0.717, 1.165) is 12.8 Å². The number of rotatable bonds is 5. The average molecular weight is 336 g/mol.